The molecule has 37 heavy (non-hydrogen) atoms. The van der Waals surface area contributed by atoms with Crippen LogP contribution in [0, 0.1) is 0 Å². The maximum atomic E-state index is 13.9. The number of carbonyl (C=O) groups excluding carboxylic acids is 2. The van der Waals surface area contributed by atoms with Crippen LogP contribution in [0.3, 0.4) is 0 Å². The third-order valence-electron chi connectivity index (χ3n) is 5.73. The van der Waals surface area contributed by atoms with E-state index < -0.39 is 34.4 Å². The maximum Gasteiger partial charge on any atom is 0.264 e. The van der Waals surface area contributed by atoms with E-state index in [0.29, 0.717) is 20.6 Å². The van der Waals surface area contributed by atoms with E-state index in [9.17, 15) is 18.0 Å². The number of nitrogens with zero attached hydrogens (tertiary/aromatic N) is 2. The van der Waals surface area contributed by atoms with Crippen LogP contribution in [0.5, 0.6) is 0 Å². The third kappa shape index (κ3) is 6.76. The van der Waals surface area contributed by atoms with Gasteiger partial charge in [0.2, 0.25) is 11.8 Å². The largest absolute Gasteiger partial charge is 0.357 e. The van der Waals surface area contributed by atoms with Gasteiger partial charge in [0.15, 0.2) is 0 Å². The summed E-state index contributed by atoms with van der Waals surface area (Å²) in [4.78, 5) is 27.9. The van der Waals surface area contributed by atoms with Crippen LogP contribution in [-0.4, -0.2) is 44.8 Å². The molecule has 0 aliphatic carbocycles. The van der Waals surface area contributed by atoms with Gasteiger partial charge in [-0.25, -0.2) is 8.42 Å². The zero-order valence-corrected chi connectivity index (χ0v) is 23.3. The summed E-state index contributed by atoms with van der Waals surface area (Å²) in [7, 11) is -2.71. The molecule has 0 spiro atoms. The lowest BCUT2D eigenvalue weighted by atomic mass is 10.1. The van der Waals surface area contributed by atoms with E-state index in [4.69, 9.17) is 34.8 Å². The van der Waals surface area contributed by atoms with Crippen LogP contribution >= 0.6 is 34.8 Å². The van der Waals surface area contributed by atoms with E-state index in [-0.39, 0.29) is 23.5 Å². The Bertz CT molecular complexity index is 1350. The summed E-state index contributed by atoms with van der Waals surface area (Å²) in [5.74, 6) is -1.02. The zero-order chi connectivity index (χ0) is 27.2. The number of hydrogen-bond donors (Lipinski definition) is 1. The average Bonchev–Trinajstić information content (AvgIpc) is 2.88. The highest BCUT2D eigenvalue weighted by Crippen LogP contribution is 2.29. The first kappa shape index (κ1) is 28.8. The molecule has 7 nitrogen and oxygen atoms in total. The first-order valence-electron chi connectivity index (χ1n) is 11.4. The number of anilines is 1. The smallest absolute Gasteiger partial charge is 0.264 e. The molecule has 2 amide bonds. The van der Waals surface area contributed by atoms with Gasteiger partial charge in [-0.2, -0.15) is 0 Å². The molecule has 11 heteroatoms. The minimum absolute atomic E-state index is 0.00168. The van der Waals surface area contributed by atoms with Crippen molar-refractivity contribution in [3.8, 4) is 0 Å². The van der Waals surface area contributed by atoms with Gasteiger partial charge in [0, 0.05) is 34.2 Å². The van der Waals surface area contributed by atoms with Gasteiger partial charge in [0.05, 0.1) is 10.6 Å². The minimum atomic E-state index is -4.17. The molecule has 0 saturated carbocycles. The molecule has 3 rings (SSSR count). The van der Waals surface area contributed by atoms with Crippen LogP contribution in [-0.2, 0) is 26.2 Å². The summed E-state index contributed by atoms with van der Waals surface area (Å²) in [6.07, 6.45) is 0.274. The predicted molar refractivity (Wildman–Crippen MR) is 148 cm³/mol. The molecule has 196 valence electrons. The van der Waals surface area contributed by atoms with Crippen molar-refractivity contribution in [3.63, 3.8) is 0 Å². The second-order valence-corrected chi connectivity index (χ2v) is 11.2. The normalized spacial score (nSPS) is 12.0. The SMILES string of the molecule is CCC(C(=O)NC)N(Cc1c(Cl)cccc1Cl)C(=O)CN(c1cccc(Cl)c1)S(=O)(=O)c1ccccc1. The third-order valence-corrected chi connectivity index (χ3v) is 8.46. The van der Waals surface area contributed by atoms with Crippen LogP contribution in [0.4, 0.5) is 5.69 Å². The summed E-state index contributed by atoms with van der Waals surface area (Å²) in [6, 6.07) is 18.0. The molecule has 0 radical (unpaired) electrons. The van der Waals surface area contributed by atoms with Crippen molar-refractivity contribution in [2.24, 2.45) is 0 Å². The van der Waals surface area contributed by atoms with E-state index >= 15 is 0 Å². The molecule has 1 N–H and O–H groups in total. The number of hydrogen-bond acceptors (Lipinski definition) is 4. The van der Waals surface area contributed by atoms with Crippen molar-refractivity contribution in [2.45, 2.75) is 30.8 Å². The Labute approximate surface area is 232 Å². The highest BCUT2D eigenvalue weighted by atomic mass is 35.5. The van der Waals surface area contributed by atoms with Gasteiger partial charge in [-0.3, -0.25) is 13.9 Å². The number of likely N-dealkylation sites (N-methyl/N-ethyl adjacent to an activating group) is 1. The highest BCUT2D eigenvalue weighted by Gasteiger charge is 2.34. The Morgan fingerprint density at radius 3 is 2.11 bits per heavy atom. The number of amides is 2. The number of nitrogens with one attached hydrogen (secondary N) is 1. The van der Waals surface area contributed by atoms with Crippen molar-refractivity contribution in [1.82, 2.24) is 10.2 Å². The standard InChI is InChI=1S/C26H26Cl3N3O4S/c1-3-24(26(34)30-2)31(16-21-22(28)13-8-14-23(21)29)25(33)17-32(19-10-7-9-18(27)15-19)37(35,36)20-11-5-4-6-12-20/h4-15,24H,3,16-17H2,1-2H3,(H,30,34). The first-order chi connectivity index (χ1) is 17.6. The molecule has 3 aromatic rings. The average molecular weight is 583 g/mol. The van der Waals surface area contributed by atoms with Gasteiger partial charge in [-0.1, -0.05) is 72.1 Å². The molecule has 0 fully saturated rings. The molecule has 0 aromatic heterocycles. The van der Waals surface area contributed by atoms with Gasteiger partial charge >= 0.3 is 0 Å². The topological polar surface area (TPSA) is 86.8 Å². The molecule has 0 aliphatic heterocycles. The van der Waals surface area contributed by atoms with Crippen molar-refractivity contribution >= 4 is 62.3 Å². The predicted octanol–water partition coefficient (Wildman–Crippen LogP) is 5.40. The Hall–Kier alpha value is -2.78. The van der Waals surface area contributed by atoms with E-state index in [1.54, 1.807) is 61.5 Å². The highest BCUT2D eigenvalue weighted by molar-refractivity contribution is 7.92. The second-order valence-electron chi connectivity index (χ2n) is 8.06. The number of carbonyl (C=O) groups is 2. The van der Waals surface area contributed by atoms with Crippen LogP contribution in [0.2, 0.25) is 15.1 Å². The van der Waals surface area contributed by atoms with Crippen LogP contribution in [0.15, 0.2) is 77.7 Å². The van der Waals surface area contributed by atoms with Crippen molar-refractivity contribution < 1.29 is 18.0 Å². The molecule has 3 aromatic carbocycles. The summed E-state index contributed by atoms with van der Waals surface area (Å²) in [5.41, 5.74) is 0.648. The van der Waals surface area contributed by atoms with Gasteiger partial charge < -0.3 is 10.2 Å². The number of halogens is 3. The lowest BCUT2D eigenvalue weighted by Crippen LogP contribution is -2.51. The van der Waals surface area contributed by atoms with Gasteiger partial charge in [-0.15, -0.1) is 0 Å². The molecule has 1 atom stereocenters. The van der Waals surface area contributed by atoms with Crippen molar-refractivity contribution in [2.75, 3.05) is 17.9 Å². The maximum absolute atomic E-state index is 13.9. The molecule has 1 unspecified atom stereocenters. The lowest BCUT2D eigenvalue weighted by Gasteiger charge is -2.33. The lowest BCUT2D eigenvalue weighted by molar-refractivity contribution is -0.140. The second kappa shape index (κ2) is 12.6. The van der Waals surface area contributed by atoms with Gasteiger partial charge in [0.25, 0.3) is 10.0 Å². The number of sulfonamides is 1. The Balaban J connectivity index is 2.09. The van der Waals surface area contributed by atoms with Crippen LogP contribution < -0.4 is 9.62 Å². The quantitative estimate of drug-likeness (QED) is 0.347. The Morgan fingerprint density at radius 2 is 1.54 bits per heavy atom. The monoisotopic (exact) mass is 581 g/mol. The zero-order valence-electron chi connectivity index (χ0n) is 20.2. The molecular weight excluding hydrogens is 557 g/mol. The van der Waals surface area contributed by atoms with E-state index in [1.165, 1.54) is 30.1 Å². The van der Waals surface area contributed by atoms with Crippen LogP contribution in [0.25, 0.3) is 0 Å². The summed E-state index contributed by atoms with van der Waals surface area (Å²) >= 11 is 18.9. The van der Waals surface area contributed by atoms with Gasteiger partial charge in [-0.05, 0) is 48.9 Å². The molecule has 0 bridgehead atoms. The fourth-order valence-corrected chi connectivity index (χ4v) is 5.95. The Kier molecular flexibility index (Phi) is 9.84. The van der Waals surface area contributed by atoms with Crippen molar-refractivity contribution in [1.29, 1.82) is 0 Å². The van der Waals surface area contributed by atoms with E-state index in [0.717, 1.165) is 4.31 Å². The minimum Gasteiger partial charge on any atom is -0.357 e. The fraction of sp³-hybridized carbons (Fsp3) is 0.231. The van der Waals surface area contributed by atoms with Crippen molar-refractivity contribution in [3.05, 3.63) is 93.4 Å². The number of benzene rings is 3. The first-order valence-corrected chi connectivity index (χ1v) is 13.9. The fourth-order valence-electron chi connectivity index (χ4n) is 3.82. The van der Waals surface area contributed by atoms with Crippen LogP contribution in [0.1, 0.15) is 18.9 Å². The summed E-state index contributed by atoms with van der Waals surface area (Å²) in [5, 5.41) is 3.51. The molecule has 0 aliphatic rings. The molecule has 0 heterocycles. The summed E-state index contributed by atoms with van der Waals surface area (Å²) < 4.78 is 28.4. The van der Waals surface area contributed by atoms with E-state index in [1.807, 2.05) is 0 Å². The number of rotatable bonds is 10. The Morgan fingerprint density at radius 1 is 0.919 bits per heavy atom. The van der Waals surface area contributed by atoms with E-state index in [2.05, 4.69) is 5.32 Å². The molecular formula is C26H26Cl3N3O4S. The van der Waals surface area contributed by atoms with Gasteiger partial charge in [0.1, 0.15) is 12.6 Å². The summed E-state index contributed by atoms with van der Waals surface area (Å²) in [6.45, 7) is 1.06. The molecule has 0 saturated heterocycles.